The molecular weight excluding hydrogens is 408 g/mol. The zero-order valence-electron chi connectivity index (χ0n) is 17.4. The number of pyridine rings is 1. The number of carbonyl (C=O) groups excluding carboxylic acids is 1. The lowest BCUT2D eigenvalue weighted by atomic mass is 9.96. The summed E-state index contributed by atoms with van der Waals surface area (Å²) >= 11 is 1.43. The number of carbonyl (C=O) groups is 1. The number of nitriles is 2. The zero-order chi connectivity index (χ0) is 21.8. The minimum atomic E-state index is -0.578. The van der Waals surface area contributed by atoms with Crippen LogP contribution in [0.25, 0.3) is 0 Å². The predicted molar refractivity (Wildman–Crippen MR) is 121 cm³/mol. The van der Waals surface area contributed by atoms with E-state index in [2.05, 4.69) is 22.4 Å². The third kappa shape index (κ3) is 4.61. The van der Waals surface area contributed by atoms with Crippen LogP contribution in [0.2, 0.25) is 0 Å². The quantitative estimate of drug-likeness (QED) is 0.706. The first-order valence-corrected chi connectivity index (χ1v) is 11.5. The molecule has 2 fully saturated rings. The van der Waals surface area contributed by atoms with Crippen molar-refractivity contribution in [3.63, 3.8) is 0 Å². The molecule has 4 rings (SSSR count). The van der Waals surface area contributed by atoms with E-state index in [1.165, 1.54) is 11.8 Å². The molecule has 160 valence electrons. The highest BCUT2D eigenvalue weighted by Crippen LogP contribution is 2.49. The van der Waals surface area contributed by atoms with Gasteiger partial charge in [0.15, 0.2) is 0 Å². The van der Waals surface area contributed by atoms with Crippen molar-refractivity contribution in [3.8, 4) is 12.1 Å². The minimum Gasteiger partial charge on any atom is -0.370 e. The van der Waals surface area contributed by atoms with Crippen LogP contribution in [-0.4, -0.2) is 41.8 Å². The SMILES string of the molecule is N#Cc1c(SC2(CC(N)=O)C=CC=CC2)nc(N2CCCNCC2)c(C#N)c1C1CC1. The Morgan fingerprint density at radius 2 is 2.06 bits per heavy atom. The van der Waals surface area contributed by atoms with Gasteiger partial charge in [-0.3, -0.25) is 4.79 Å². The second-order valence-corrected chi connectivity index (χ2v) is 9.70. The molecule has 1 aromatic rings. The zero-order valence-corrected chi connectivity index (χ0v) is 18.2. The van der Waals surface area contributed by atoms with Crippen LogP contribution in [-0.2, 0) is 4.79 Å². The van der Waals surface area contributed by atoms with E-state index >= 15 is 0 Å². The molecule has 8 heteroatoms. The fraction of sp³-hybridized carbons (Fsp3) is 0.478. The van der Waals surface area contributed by atoms with Gasteiger partial charge in [-0.1, -0.05) is 36.1 Å². The monoisotopic (exact) mass is 434 g/mol. The Morgan fingerprint density at radius 1 is 1.26 bits per heavy atom. The molecule has 1 aromatic heterocycles. The van der Waals surface area contributed by atoms with Crippen molar-refractivity contribution < 1.29 is 4.79 Å². The van der Waals surface area contributed by atoms with Crippen LogP contribution in [0.1, 0.15) is 54.7 Å². The Morgan fingerprint density at radius 3 is 2.71 bits per heavy atom. The van der Waals surface area contributed by atoms with Crippen LogP contribution in [0.3, 0.4) is 0 Å². The maximum atomic E-state index is 11.9. The molecule has 1 amide bonds. The number of anilines is 1. The molecule has 1 saturated heterocycles. The highest BCUT2D eigenvalue weighted by Gasteiger charge is 2.37. The van der Waals surface area contributed by atoms with E-state index in [1.54, 1.807) is 0 Å². The lowest BCUT2D eigenvalue weighted by Gasteiger charge is -2.31. The Kier molecular flexibility index (Phi) is 6.31. The van der Waals surface area contributed by atoms with E-state index in [-0.39, 0.29) is 18.2 Å². The van der Waals surface area contributed by atoms with Gasteiger partial charge in [0.1, 0.15) is 23.0 Å². The second kappa shape index (κ2) is 9.13. The van der Waals surface area contributed by atoms with Gasteiger partial charge < -0.3 is 16.0 Å². The standard InChI is InChI=1S/C23H26N6OS/c24-14-17-20(16-5-6-16)18(15-25)22(28-21(17)29-11-4-9-27-10-12-29)31-23(13-19(26)30)7-2-1-3-8-23/h1-3,7,16,27H,4-6,8-13H2,(H2,26,30). The van der Waals surface area contributed by atoms with Crippen LogP contribution in [0, 0.1) is 22.7 Å². The molecule has 7 nitrogen and oxygen atoms in total. The lowest BCUT2D eigenvalue weighted by molar-refractivity contribution is -0.118. The average molecular weight is 435 g/mol. The number of amides is 1. The Bertz CT molecular complexity index is 1010. The molecule has 2 heterocycles. The summed E-state index contributed by atoms with van der Waals surface area (Å²) in [5, 5.41) is 24.1. The van der Waals surface area contributed by atoms with Crippen molar-refractivity contribution in [3.05, 3.63) is 41.0 Å². The highest BCUT2D eigenvalue weighted by atomic mass is 32.2. The van der Waals surface area contributed by atoms with E-state index in [1.807, 2.05) is 24.3 Å². The molecule has 3 aliphatic rings. The maximum absolute atomic E-state index is 11.9. The lowest BCUT2D eigenvalue weighted by Crippen LogP contribution is -2.31. The largest absolute Gasteiger partial charge is 0.370 e. The van der Waals surface area contributed by atoms with E-state index in [0.717, 1.165) is 51.0 Å². The summed E-state index contributed by atoms with van der Waals surface area (Å²) < 4.78 is -0.578. The molecule has 2 aliphatic carbocycles. The summed E-state index contributed by atoms with van der Waals surface area (Å²) in [5.41, 5.74) is 7.42. The van der Waals surface area contributed by atoms with Crippen LogP contribution in [0.5, 0.6) is 0 Å². The molecule has 0 radical (unpaired) electrons. The molecule has 1 unspecified atom stereocenters. The summed E-state index contributed by atoms with van der Waals surface area (Å²) in [6, 6.07) is 4.71. The minimum absolute atomic E-state index is 0.160. The van der Waals surface area contributed by atoms with Crippen molar-refractivity contribution >= 4 is 23.5 Å². The van der Waals surface area contributed by atoms with Gasteiger partial charge in [-0.15, -0.1) is 0 Å². The number of nitrogens with one attached hydrogen (secondary N) is 1. The summed E-state index contributed by atoms with van der Waals surface area (Å²) in [7, 11) is 0. The third-order valence-corrected chi connectivity index (χ3v) is 7.26. The number of hydrogen-bond acceptors (Lipinski definition) is 7. The van der Waals surface area contributed by atoms with Crippen LogP contribution in [0.15, 0.2) is 29.3 Å². The number of primary amides is 1. The third-order valence-electron chi connectivity index (χ3n) is 5.92. The maximum Gasteiger partial charge on any atom is 0.219 e. The number of allylic oxidation sites excluding steroid dienone is 3. The van der Waals surface area contributed by atoms with Crippen LogP contribution in [0.4, 0.5) is 5.82 Å². The van der Waals surface area contributed by atoms with E-state index in [4.69, 9.17) is 10.7 Å². The summed E-state index contributed by atoms with van der Waals surface area (Å²) in [6.45, 7) is 3.33. The van der Waals surface area contributed by atoms with Crippen molar-refractivity contribution in [2.24, 2.45) is 5.73 Å². The average Bonchev–Trinajstić information content (AvgIpc) is 3.60. The predicted octanol–water partition coefficient (Wildman–Crippen LogP) is 2.72. The van der Waals surface area contributed by atoms with E-state index < -0.39 is 4.75 Å². The molecule has 3 N–H and O–H groups in total. The normalized spacial score (nSPS) is 23.1. The fourth-order valence-electron chi connectivity index (χ4n) is 4.30. The van der Waals surface area contributed by atoms with Gasteiger partial charge in [0, 0.05) is 26.1 Å². The Labute approximate surface area is 187 Å². The fourth-order valence-corrected chi connectivity index (χ4v) is 5.62. The van der Waals surface area contributed by atoms with Gasteiger partial charge in [-0.2, -0.15) is 10.5 Å². The molecule has 1 atom stereocenters. The van der Waals surface area contributed by atoms with Gasteiger partial charge in [0.05, 0.1) is 15.9 Å². The molecule has 31 heavy (non-hydrogen) atoms. The molecule has 0 bridgehead atoms. The number of thioether (sulfide) groups is 1. The summed E-state index contributed by atoms with van der Waals surface area (Å²) in [6.07, 6.45) is 11.6. The van der Waals surface area contributed by atoms with Crippen molar-refractivity contribution in [2.45, 2.75) is 47.8 Å². The molecule has 1 saturated carbocycles. The number of rotatable bonds is 6. The first-order valence-electron chi connectivity index (χ1n) is 10.7. The number of aromatic nitrogens is 1. The van der Waals surface area contributed by atoms with Crippen LogP contribution >= 0.6 is 11.8 Å². The van der Waals surface area contributed by atoms with Crippen LogP contribution < -0.4 is 16.0 Å². The number of nitrogens with zero attached hydrogens (tertiary/aromatic N) is 4. The molecule has 0 spiro atoms. The van der Waals surface area contributed by atoms with Crippen molar-refractivity contribution in [2.75, 3.05) is 31.1 Å². The van der Waals surface area contributed by atoms with Gasteiger partial charge in [-0.25, -0.2) is 4.98 Å². The van der Waals surface area contributed by atoms with Crippen molar-refractivity contribution in [1.29, 1.82) is 10.5 Å². The number of hydrogen-bond donors (Lipinski definition) is 2. The highest BCUT2D eigenvalue weighted by molar-refractivity contribution is 8.00. The summed E-state index contributed by atoms with van der Waals surface area (Å²) in [5.74, 6) is 0.504. The first kappa shape index (κ1) is 21.4. The Hall–Kier alpha value is -2.81. The van der Waals surface area contributed by atoms with E-state index in [9.17, 15) is 15.3 Å². The number of nitrogens with two attached hydrogens (primary N) is 1. The molecule has 0 aromatic carbocycles. The van der Waals surface area contributed by atoms with Crippen molar-refractivity contribution in [1.82, 2.24) is 10.3 Å². The van der Waals surface area contributed by atoms with Gasteiger partial charge >= 0.3 is 0 Å². The smallest absolute Gasteiger partial charge is 0.219 e. The first-order chi connectivity index (χ1) is 15.1. The van der Waals surface area contributed by atoms with Gasteiger partial charge in [0.2, 0.25) is 5.91 Å². The topological polar surface area (TPSA) is 119 Å². The second-order valence-electron chi connectivity index (χ2n) is 8.29. The van der Waals surface area contributed by atoms with Gasteiger partial charge in [0.25, 0.3) is 0 Å². The molecular formula is C23H26N6OS. The Balaban J connectivity index is 1.84. The summed E-state index contributed by atoms with van der Waals surface area (Å²) in [4.78, 5) is 18.9. The van der Waals surface area contributed by atoms with E-state index in [0.29, 0.717) is 28.4 Å². The molecule has 1 aliphatic heterocycles. The van der Waals surface area contributed by atoms with Gasteiger partial charge in [-0.05, 0) is 43.7 Å².